The molecule has 0 unspecified atom stereocenters. The molecule has 0 fully saturated rings. The Balaban J connectivity index is 2.27. The van der Waals surface area contributed by atoms with Crippen molar-refractivity contribution in [3.63, 3.8) is 0 Å². The highest BCUT2D eigenvalue weighted by Crippen LogP contribution is 2.32. The summed E-state index contributed by atoms with van der Waals surface area (Å²) in [6.45, 7) is 0. The fourth-order valence-electron chi connectivity index (χ4n) is 2.13. The maximum absolute atomic E-state index is 5.39. The molecule has 2 aliphatic carbocycles. The topological polar surface area (TPSA) is 9.23 Å². The standard InChI is InChI=1S/C12H16O/c1-13-12-9-5-7-10-6-3-2-4-8-11(10)12/h2-3,9H,4-8H2,1H3. The quantitative estimate of drug-likeness (QED) is 0.557. The highest BCUT2D eigenvalue weighted by molar-refractivity contribution is 5.37. The summed E-state index contributed by atoms with van der Waals surface area (Å²) in [5.41, 5.74) is 3.06. The van der Waals surface area contributed by atoms with Crippen LogP contribution in [0.15, 0.2) is 35.1 Å². The Labute approximate surface area is 79.8 Å². The summed E-state index contributed by atoms with van der Waals surface area (Å²) < 4.78 is 5.39. The summed E-state index contributed by atoms with van der Waals surface area (Å²) in [6.07, 6.45) is 12.6. The van der Waals surface area contributed by atoms with Gasteiger partial charge in [-0.3, -0.25) is 0 Å². The maximum atomic E-state index is 5.39. The number of hydrogen-bond donors (Lipinski definition) is 0. The fraction of sp³-hybridized carbons (Fsp3) is 0.500. The second-order valence-corrected chi connectivity index (χ2v) is 3.61. The molecule has 70 valence electrons. The molecule has 0 aromatic heterocycles. The second-order valence-electron chi connectivity index (χ2n) is 3.61. The van der Waals surface area contributed by atoms with E-state index >= 15 is 0 Å². The lowest BCUT2D eigenvalue weighted by Crippen LogP contribution is -2.02. The average Bonchev–Trinajstić information content (AvgIpc) is 2.41. The number of rotatable bonds is 1. The third kappa shape index (κ3) is 1.69. The normalized spacial score (nSPS) is 22.1. The molecule has 0 saturated carbocycles. The van der Waals surface area contributed by atoms with Crippen molar-refractivity contribution in [2.45, 2.75) is 32.1 Å². The molecule has 0 bridgehead atoms. The first-order valence-corrected chi connectivity index (χ1v) is 5.02. The Hall–Kier alpha value is -0.980. The molecule has 0 saturated heterocycles. The molecule has 1 heteroatoms. The van der Waals surface area contributed by atoms with Crippen LogP contribution in [0, 0.1) is 0 Å². The third-order valence-electron chi connectivity index (χ3n) is 2.81. The second kappa shape index (κ2) is 3.82. The van der Waals surface area contributed by atoms with Gasteiger partial charge in [-0.25, -0.2) is 0 Å². The molecule has 0 N–H and O–H groups in total. The molecule has 0 atom stereocenters. The van der Waals surface area contributed by atoms with Crippen LogP contribution < -0.4 is 0 Å². The van der Waals surface area contributed by atoms with Crippen molar-refractivity contribution in [1.82, 2.24) is 0 Å². The molecular weight excluding hydrogens is 160 g/mol. The maximum Gasteiger partial charge on any atom is 0.118 e. The Morgan fingerprint density at radius 2 is 2.08 bits per heavy atom. The van der Waals surface area contributed by atoms with E-state index < -0.39 is 0 Å². The smallest absolute Gasteiger partial charge is 0.118 e. The summed E-state index contributed by atoms with van der Waals surface area (Å²) in [7, 11) is 1.78. The molecule has 0 aliphatic heterocycles. The van der Waals surface area contributed by atoms with Gasteiger partial charge in [0.15, 0.2) is 0 Å². The number of ether oxygens (including phenoxy) is 1. The first kappa shape index (κ1) is 8.61. The van der Waals surface area contributed by atoms with E-state index in [0.717, 1.165) is 25.0 Å². The Morgan fingerprint density at radius 3 is 2.92 bits per heavy atom. The summed E-state index contributed by atoms with van der Waals surface area (Å²) in [6, 6.07) is 0. The zero-order chi connectivity index (χ0) is 9.10. The molecule has 2 rings (SSSR count). The van der Waals surface area contributed by atoms with Gasteiger partial charge in [0.2, 0.25) is 0 Å². The zero-order valence-corrected chi connectivity index (χ0v) is 8.18. The van der Waals surface area contributed by atoms with Crippen LogP contribution >= 0.6 is 0 Å². The van der Waals surface area contributed by atoms with Crippen LogP contribution in [0.3, 0.4) is 0 Å². The van der Waals surface area contributed by atoms with Crippen molar-refractivity contribution in [2.24, 2.45) is 0 Å². The minimum atomic E-state index is 1.13. The van der Waals surface area contributed by atoms with E-state index in [1.54, 1.807) is 12.7 Å². The molecule has 2 aliphatic rings. The average molecular weight is 176 g/mol. The minimum absolute atomic E-state index is 1.13. The molecule has 0 radical (unpaired) electrons. The Morgan fingerprint density at radius 1 is 1.15 bits per heavy atom. The first-order valence-electron chi connectivity index (χ1n) is 5.02. The van der Waals surface area contributed by atoms with E-state index in [4.69, 9.17) is 4.74 Å². The van der Waals surface area contributed by atoms with Gasteiger partial charge in [-0.1, -0.05) is 17.7 Å². The van der Waals surface area contributed by atoms with Gasteiger partial charge in [0, 0.05) is 0 Å². The van der Waals surface area contributed by atoms with Crippen LogP contribution in [0.25, 0.3) is 0 Å². The lowest BCUT2D eigenvalue weighted by atomic mass is 9.92. The monoisotopic (exact) mass is 176 g/mol. The van der Waals surface area contributed by atoms with Crippen molar-refractivity contribution >= 4 is 0 Å². The highest BCUT2D eigenvalue weighted by Gasteiger charge is 2.16. The SMILES string of the molecule is COC1=CCCC2=C1CCC=CC2. The summed E-state index contributed by atoms with van der Waals surface area (Å²) in [5, 5.41) is 0. The van der Waals surface area contributed by atoms with Crippen molar-refractivity contribution in [3.05, 3.63) is 35.1 Å². The predicted molar refractivity (Wildman–Crippen MR) is 54.3 cm³/mol. The van der Waals surface area contributed by atoms with Gasteiger partial charge in [0.05, 0.1) is 7.11 Å². The van der Waals surface area contributed by atoms with Crippen LogP contribution in [0.2, 0.25) is 0 Å². The van der Waals surface area contributed by atoms with Gasteiger partial charge in [-0.2, -0.15) is 0 Å². The summed E-state index contributed by atoms with van der Waals surface area (Å²) in [4.78, 5) is 0. The zero-order valence-electron chi connectivity index (χ0n) is 8.18. The van der Waals surface area contributed by atoms with Crippen LogP contribution in [0.5, 0.6) is 0 Å². The Kier molecular flexibility index (Phi) is 2.53. The molecule has 0 spiro atoms. The van der Waals surface area contributed by atoms with Crippen molar-refractivity contribution in [1.29, 1.82) is 0 Å². The molecule has 0 aromatic carbocycles. The molecule has 1 nitrogen and oxygen atoms in total. The van der Waals surface area contributed by atoms with E-state index in [9.17, 15) is 0 Å². The first-order chi connectivity index (χ1) is 6.42. The van der Waals surface area contributed by atoms with E-state index in [1.165, 1.54) is 18.4 Å². The van der Waals surface area contributed by atoms with E-state index in [2.05, 4.69) is 18.2 Å². The third-order valence-corrected chi connectivity index (χ3v) is 2.81. The van der Waals surface area contributed by atoms with E-state index in [0.29, 0.717) is 0 Å². The number of methoxy groups -OCH3 is 1. The van der Waals surface area contributed by atoms with Gasteiger partial charge in [-0.05, 0) is 43.8 Å². The van der Waals surface area contributed by atoms with Crippen LogP contribution in [0.4, 0.5) is 0 Å². The van der Waals surface area contributed by atoms with Crippen molar-refractivity contribution in [3.8, 4) is 0 Å². The van der Waals surface area contributed by atoms with Gasteiger partial charge >= 0.3 is 0 Å². The predicted octanol–water partition coefficient (Wildman–Crippen LogP) is 3.35. The van der Waals surface area contributed by atoms with Crippen LogP contribution in [-0.4, -0.2) is 7.11 Å². The van der Waals surface area contributed by atoms with Crippen molar-refractivity contribution in [2.75, 3.05) is 7.11 Å². The van der Waals surface area contributed by atoms with Crippen molar-refractivity contribution < 1.29 is 4.74 Å². The van der Waals surface area contributed by atoms with E-state index in [1.807, 2.05) is 0 Å². The van der Waals surface area contributed by atoms with Crippen LogP contribution in [-0.2, 0) is 4.74 Å². The molecule has 0 heterocycles. The lowest BCUT2D eigenvalue weighted by Gasteiger charge is -2.19. The highest BCUT2D eigenvalue weighted by atomic mass is 16.5. The summed E-state index contributed by atoms with van der Waals surface area (Å²) >= 11 is 0. The number of allylic oxidation sites excluding steroid dienone is 5. The Bertz CT molecular complexity index is 281. The molecular formula is C12H16O. The largest absolute Gasteiger partial charge is 0.497 e. The van der Waals surface area contributed by atoms with Gasteiger partial charge in [0.25, 0.3) is 0 Å². The number of hydrogen-bond acceptors (Lipinski definition) is 1. The van der Waals surface area contributed by atoms with Gasteiger partial charge in [0.1, 0.15) is 5.76 Å². The summed E-state index contributed by atoms with van der Waals surface area (Å²) in [5.74, 6) is 1.13. The lowest BCUT2D eigenvalue weighted by molar-refractivity contribution is 0.293. The minimum Gasteiger partial charge on any atom is -0.497 e. The van der Waals surface area contributed by atoms with Gasteiger partial charge in [-0.15, -0.1) is 0 Å². The van der Waals surface area contributed by atoms with Gasteiger partial charge < -0.3 is 4.74 Å². The fourth-order valence-corrected chi connectivity index (χ4v) is 2.13. The van der Waals surface area contributed by atoms with E-state index in [-0.39, 0.29) is 0 Å². The van der Waals surface area contributed by atoms with Crippen LogP contribution in [0.1, 0.15) is 32.1 Å². The molecule has 0 amide bonds. The molecule has 0 aromatic rings. The molecule has 13 heavy (non-hydrogen) atoms.